The Hall–Kier alpha value is -0.760. The zero-order valence-corrected chi connectivity index (χ0v) is 12.8. The molecular weight excluding hydrogens is 314 g/mol. The summed E-state index contributed by atoms with van der Waals surface area (Å²) in [6.07, 6.45) is 2.84. The van der Waals surface area contributed by atoms with Crippen molar-refractivity contribution in [3.63, 3.8) is 0 Å². The summed E-state index contributed by atoms with van der Waals surface area (Å²) in [5, 5.41) is 4.37. The average Bonchev–Trinajstić information content (AvgIpc) is 2.91. The van der Waals surface area contributed by atoms with Crippen LogP contribution in [0, 0.1) is 6.92 Å². The molecule has 5 nitrogen and oxygen atoms in total. The van der Waals surface area contributed by atoms with Gasteiger partial charge in [0, 0.05) is 6.54 Å². The molecule has 0 saturated carbocycles. The zero-order chi connectivity index (χ0) is 13.1. The van der Waals surface area contributed by atoms with Crippen LogP contribution in [0.2, 0.25) is 0 Å². The number of halogens is 1. The monoisotopic (exact) mass is 329 g/mol. The van der Waals surface area contributed by atoms with Crippen LogP contribution in [0.15, 0.2) is 16.2 Å². The Morgan fingerprint density at radius 3 is 2.94 bits per heavy atom. The van der Waals surface area contributed by atoms with Gasteiger partial charge < -0.3 is 0 Å². The molecular formula is C11H16BrN5S. The lowest BCUT2D eigenvalue weighted by atomic mass is 10.1. The standard InChI is InChI=1S/C11H16BrN5S/c1-3-4-17-10(8(12)5-15-17)9(16-13)11-7(2)14-6-18-11/h5-6,9,16H,3-4,13H2,1-2H3. The van der Waals surface area contributed by atoms with Gasteiger partial charge in [-0.3, -0.25) is 10.5 Å². The number of rotatable bonds is 5. The first kappa shape index (κ1) is 13.7. The molecule has 0 bridgehead atoms. The van der Waals surface area contributed by atoms with Gasteiger partial charge in [-0.2, -0.15) is 5.10 Å². The zero-order valence-electron chi connectivity index (χ0n) is 10.4. The van der Waals surface area contributed by atoms with Crippen molar-refractivity contribution in [2.24, 2.45) is 5.84 Å². The van der Waals surface area contributed by atoms with Gasteiger partial charge in [0.1, 0.15) is 0 Å². The lowest BCUT2D eigenvalue weighted by Gasteiger charge is -2.17. The number of nitrogens with one attached hydrogen (secondary N) is 1. The maximum absolute atomic E-state index is 5.72. The first-order chi connectivity index (χ1) is 8.69. The number of hydrogen-bond donors (Lipinski definition) is 2. The van der Waals surface area contributed by atoms with Gasteiger partial charge >= 0.3 is 0 Å². The Bertz CT molecular complexity index is 521. The molecule has 0 radical (unpaired) electrons. The van der Waals surface area contributed by atoms with E-state index >= 15 is 0 Å². The lowest BCUT2D eigenvalue weighted by molar-refractivity contribution is 0.522. The summed E-state index contributed by atoms with van der Waals surface area (Å²) in [5.41, 5.74) is 6.75. The predicted molar refractivity (Wildman–Crippen MR) is 76.2 cm³/mol. The van der Waals surface area contributed by atoms with Crippen molar-refractivity contribution >= 4 is 27.3 Å². The molecule has 0 aliphatic carbocycles. The SMILES string of the molecule is CCCn1ncc(Br)c1C(NN)c1scnc1C. The van der Waals surface area contributed by atoms with E-state index in [0.29, 0.717) is 0 Å². The fourth-order valence-electron chi connectivity index (χ4n) is 1.92. The van der Waals surface area contributed by atoms with Gasteiger partial charge in [0.2, 0.25) is 0 Å². The van der Waals surface area contributed by atoms with E-state index in [0.717, 1.165) is 33.7 Å². The van der Waals surface area contributed by atoms with Gasteiger partial charge in [-0.25, -0.2) is 10.4 Å². The molecule has 0 aliphatic heterocycles. The van der Waals surface area contributed by atoms with E-state index in [4.69, 9.17) is 5.84 Å². The minimum atomic E-state index is -0.0825. The molecule has 0 spiro atoms. The molecule has 2 rings (SSSR count). The van der Waals surface area contributed by atoms with E-state index in [1.807, 2.05) is 23.3 Å². The molecule has 0 amide bonds. The van der Waals surface area contributed by atoms with Gasteiger partial charge in [-0.05, 0) is 29.3 Å². The van der Waals surface area contributed by atoms with Gasteiger partial charge in [-0.1, -0.05) is 6.92 Å². The summed E-state index contributed by atoms with van der Waals surface area (Å²) < 4.78 is 2.94. The second-order valence-corrected chi connectivity index (χ2v) is 5.74. The molecule has 0 saturated heterocycles. The summed E-state index contributed by atoms with van der Waals surface area (Å²) in [4.78, 5) is 5.40. The Balaban J connectivity index is 2.45. The molecule has 3 N–H and O–H groups in total. The minimum absolute atomic E-state index is 0.0825. The Kier molecular flexibility index (Phi) is 4.50. The highest BCUT2D eigenvalue weighted by molar-refractivity contribution is 9.10. The first-order valence-corrected chi connectivity index (χ1v) is 7.43. The number of aromatic nitrogens is 3. The fraction of sp³-hybridized carbons (Fsp3) is 0.455. The van der Waals surface area contributed by atoms with E-state index in [1.54, 1.807) is 11.3 Å². The van der Waals surface area contributed by atoms with Crippen molar-refractivity contribution in [2.75, 3.05) is 0 Å². The van der Waals surface area contributed by atoms with Crippen LogP contribution in [0.25, 0.3) is 0 Å². The summed E-state index contributed by atoms with van der Waals surface area (Å²) in [5.74, 6) is 5.72. The van der Waals surface area contributed by atoms with Crippen molar-refractivity contribution in [1.82, 2.24) is 20.2 Å². The van der Waals surface area contributed by atoms with Crippen molar-refractivity contribution in [3.8, 4) is 0 Å². The molecule has 7 heteroatoms. The largest absolute Gasteiger partial charge is 0.270 e. The average molecular weight is 330 g/mol. The number of thiazole rings is 1. The Morgan fingerprint density at radius 2 is 2.39 bits per heavy atom. The maximum atomic E-state index is 5.72. The quantitative estimate of drug-likeness (QED) is 0.652. The second kappa shape index (κ2) is 5.92. The topological polar surface area (TPSA) is 68.8 Å². The van der Waals surface area contributed by atoms with E-state index in [2.05, 4.69) is 38.4 Å². The molecule has 2 heterocycles. The first-order valence-electron chi connectivity index (χ1n) is 5.76. The lowest BCUT2D eigenvalue weighted by Crippen LogP contribution is -2.31. The molecule has 2 aromatic rings. The van der Waals surface area contributed by atoms with Crippen molar-refractivity contribution < 1.29 is 0 Å². The molecule has 0 fully saturated rings. The Labute approximate surface area is 119 Å². The summed E-state index contributed by atoms with van der Waals surface area (Å²) >= 11 is 5.14. The summed E-state index contributed by atoms with van der Waals surface area (Å²) in [7, 11) is 0. The number of nitrogens with zero attached hydrogens (tertiary/aromatic N) is 3. The van der Waals surface area contributed by atoms with E-state index in [1.165, 1.54) is 0 Å². The molecule has 98 valence electrons. The van der Waals surface area contributed by atoms with Crippen molar-refractivity contribution in [1.29, 1.82) is 0 Å². The number of aryl methyl sites for hydroxylation is 2. The van der Waals surface area contributed by atoms with Crippen LogP contribution in [-0.4, -0.2) is 14.8 Å². The highest BCUT2D eigenvalue weighted by Gasteiger charge is 2.23. The molecule has 2 aromatic heterocycles. The number of hydrazine groups is 1. The molecule has 1 unspecified atom stereocenters. The van der Waals surface area contributed by atoms with E-state index < -0.39 is 0 Å². The van der Waals surface area contributed by atoms with Crippen LogP contribution in [0.3, 0.4) is 0 Å². The molecule has 0 aliphatic rings. The third kappa shape index (κ3) is 2.49. The third-order valence-corrected chi connectivity index (χ3v) is 4.36. The van der Waals surface area contributed by atoms with Gasteiger partial charge in [0.05, 0.1) is 38.5 Å². The number of nitrogens with two attached hydrogens (primary N) is 1. The van der Waals surface area contributed by atoms with Crippen LogP contribution >= 0.6 is 27.3 Å². The van der Waals surface area contributed by atoms with Crippen LogP contribution < -0.4 is 11.3 Å². The second-order valence-electron chi connectivity index (χ2n) is 4.00. The highest BCUT2D eigenvalue weighted by Crippen LogP contribution is 2.31. The van der Waals surface area contributed by atoms with Crippen LogP contribution in [0.1, 0.15) is 35.7 Å². The predicted octanol–water partition coefficient (Wildman–Crippen LogP) is 2.37. The number of hydrogen-bond acceptors (Lipinski definition) is 5. The van der Waals surface area contributed by atoms with Crippen LogP contribution in [0.4, 0.5) is 0 Å². The van der Waals surface area contributed by atoms with Crippen LogP contribution in [-0.2, 0) is 6.54 Å². The normalized spacial score (nSPS) is 12.9. The minimum Gasteiger partial charge on any atom is -0.270 e. The van der Waals surface area contributed by atoms with Gasteiger partial charge in [-0.15, -0.1) is 11.3 Å². The molecule has 18 heavy (non-hydrogen) atoms. The Morgan fingerprint density at radius 1 is 1.61 bits per heavy atom. The maximum Gasteiger partial charge on any atom is 0.1000 e. The fourth-order valence-corrected chi connectivity index (χ4v) is 3.30. The van der Waals surface area contributed by atoms with Gasteiger partial charge in [0.25, 0.3) is 0 Å². The highest BCUT2D eigenvalue weighted by atomic mass is 79.9. The van der Waals surface area contributed by atoms with E-state index in [-0.39, 0.29) is 6.04 Å². The third-order valence-electron chi connectivity index (χ3n) is 2.75. The van der Waals surface area contributed by atoms with Crippen molar-refractivity contribution in [3.05, 3.63) is 32.4 Å². The van der Waals surface area contributed by atoms with Gasteiger partial charge in [0.15, 0.2) is 0 Å². The smallest absolute Gasteiger partial charge is 0.1000 e. The van der Waals surface area contributed by atoms with Crippen molar-refractivity contribution in [2.45, 2.75) is 32.9 Å². The summed E-state index contributed by atoms with van der Waals surface area (Å²) in [6, 6.07) is -0.0825. The molecule has 1 atom stereocenters. The van der Waals surface area contributed by atoms with E-state index in [9.17, 15) is 0 Å². The molecule has 0 aromatic carbocycles. The summed E-state index contributed by atoms with van der Waals surface area (Å²) in [6.45, 7) is 4.99. The van der Waals surface area contributed by atoms with Crippen LogP contribution in [0.5, 0.6) is 0 Å².